The smallest absolute Gasteiger partial charge is 0.124 e. The van der Waals surface area contributed by atoms with Gasteiger partial charge in [-0.3, -0.25) is 5.41 Å². The molecular formula is C13H19N3. The maximum Gasteiger partial charge on any atom is 0.124 e. The fourth-order valence-electron chi connectivity index (χ4n) is 2.53. The van der Waals surface area contributed by atoms with Gasteiger partial charge >= 0.3 is 0 Å². The molecule has 0 aliphatic carbocycles. The monoisotopic (exact) mass is 217 g/mol. The van der Waals surface area contributed by atoms with Gasteiger partial charge in [0, 0.05) is 23.8 Å². The molecule has 3 heteroatoms. The van der Waals surface area contributed by atoms with Crippen LogP contribution in [0.1, 0.15) is 31.7 Å². The molecule has 1 aromatic rings. The van der Waals surface area contributed by atoms with Gasteiger partial charge in [-0.25, -0.2) is 0 Å². The number of nitrogens with one attached hydrogen (secondary N) is 1. The van der Waals surface area contributed by atoms with Crippen LogP contribution in [-0.4, -0.2) is 18.4 Å². The molecule has 3 N–H and O–H groups in total. The van der Waals surface area contributed by atoms with E-state index in [0.717, 1.165) is 24.2 Å². The second-order valence-electron chi connectivity index (χ2n) is 4.33. The summed E-state index contributed by atoms with van der Waals surface area (Å²) in [5.41, 5.74) is 7.61. The molecule has 0 bridgehead atoms. The van der Waals surface area contributed by atoms with Gasteiger partial charge in [-0.2, -0.15) is 0 Å². The summed E-state index contributed by atoms with van der Waals surface area (Å²) in [4.78, 5) is 2.40. The minimum Gasteiger partial charge on any atom is -0.384 e. The third-order valence-corrected chi connectivity index (χ3v) is 3.35. The first kappa shape index (κ1) is 11.0. The molecule has 1 unspecified atom stereocenters. The van der Waals surface area contributed by atoms with E-state index in [2.05, 4.69) is 17.9 Å². The summed E-state index contributed by atoms with van der Waals surface area (Å²) < 4.78 is 0. The summed E-state index contributed by atoms with van der Waals surface area (Å²) in [6, 6.07) is 8.58. The van der Waals surface area contributed by atoms with Crippen LogP contribution in [-0.2, 0) is 0 Å². The summed E-state index contributed by atoms with van der Waals surface area (Å²) in [5.74, 6) is 0.164. The van der Waals surface area contributed by atoms with Crippen LogP contribution in [0.2, 0.25) is 0 Å². The van der Waals surface area contributed by atoms with Crippen LogP contribution in [0.15, 0.2) is 24.3 Å². The van der Waals surface area contributed by atoms with Crippen LogP contribution in [0, 0.1) is 5.41 Å². The standard InChI is InChI=1S/C13H19N3/c1-2-10-6-5-9-16(10)12-8-4-3-7-11(12)13(14)15/h3-4,7-8,10H,2,5-6,9H2,1H3,(H3,14,15). The maximum absolute atomic E-state index is 7.61. The van der Waals surface area contributed by atoms with Crippen molar-refractivity contribution >= 4 is 11.5 Å². The lowest BCUT2D eigenvalue weighted by Gasteiger charge is -2.27. The molecule has 3 nitrogen and oxygen atoms in total. The lowest BCUT2D eigenvalue weighted by Crippen LogP contribution is -2.30. The zero-order chi connectivity index (χ0) is 11.5. The molecule has 1 saturated heterocycles. The van der Waals surface area contributed by atoms with E-state index in [1.807, 2.05) is 18.2 Å². The lowest BCUT2D eigenvalue weighted by molar-refractivity contribution is 0.645. The highest BCUT2D eigenvalue weighted by atomic mass is 15.2. The van der Waals surface area contributed by atoms with Gasteiger partial charge in [0.25, 0.3) is 0 Å². The van der Waals surface area contributed by atoms with E-state index >= 15 is 0 Å². The number of rotatable bonds is 3. The van der Waals surface area contributed by atoms with Crippen molar-refractivity contribution in [2.24, 2.45) is 5.73 Å². The SMILES string of the molecule is CCC1CCCN1c1ccccc1C(=N)N. The molecule has 1 fully saturated rings. The number of nitrogens with two attached hydrogens (primary N) is 1. The zero-order valence-corrected chi connectivity index (χ0v) is 9.74. The second-order valence-corrected chi connectivity index (χ2v) is 4.33. The van der Waals surface area contributed by atoms with E-state index in [0.29, 0.717) is 6.04 Å². The molecule has 1 aliphatic heterocycles. The van der Waals surface area contributed by atoms with Crippen molar-refractivity contribution in [2.45, 2.75) is 32.2 Å². The number of nitrogen functional groups attached to an aromatic ring is 1. The maximum atomic E-state index is 7.61. The Morgan fingerprint density at radius 3 is 2.94 bits per heavy atom. The number of amidine groups is 1. The average Bonchev–Trinajstić information content (AvgIpc) is 2.76. The van der Waals surface area contributed by atoms with Crippen LogP contribution in [0.3, 0.4) is 0 Å². The van der Waals surface area contributed by atoms with Gasteiger partial charge in [-0.05, 0) is 31.4 Å². The molecule has 1 atom stereocenters. The number of hydrogen-bond acceptors (Lipinski definition) is 2. The van der Waals surface area contributed by atoms with Crippen molar-refractivity contribution in [3.05, 3.63) is 29.8 Å². The Morgan fingerprint density at radius 2 is 2.25 bits per heavy atom. The molecule has 16 heavy (non-hydrogen) atoms. The van der Waals surface area contributed by atoms with Crippen LogP contribution in [0.5, 0.6) is 0 Å². The van der Waals surface area contributed by atoms with E-state index in [1.54, 1.807) is 0 Å². The molecule has 0 radical (unpaired) electrons. The van der Waals surface area contributed by atoms with Crippen molar-refractivity contribution in [1.82, 2.24) is 0 Å². The Morgan fingerprint density at radius 1 is 1.50 bits per heavy atom. The van der Waals surface area contributed by atoms with Crippen LogP contribution in [0.25, 0.3) is 0 Å². The Labute approximate surface area is 96.8 Å². The highest BCUT2D eigenvalue weighted by Gasteiger charge is 2.24. The predicted molar refractivity (Wildman–Crippen MR) is 68.1 cm³/mol. The fraction of sp³-hybridized carbons (Fsp3) is 0.462. The van der Waals surface area contributed by atoms with Gasteiger partial charge in [-0.1, -0.05) is 19.1 Å². The highest BCUT2D eigenvalue weighted by molar-refractivity contribution is 6.00. The third kappa shape index (κ3) is 1.90. The van der Waals surface area contributed by atoms with Crippen molar-refractivity contribution in [2.75, 3.05) is 11.4 Å². The number of nitrogens with zero attached hydrogens (tertiary/aromatic N) is 1. The molecular weight excluding hydrogens is 198 g/mol. The molecule has 1 aromatic carbocycles. The van der Waals surface area contributed by atoms with Gasteiger partial charge in [0.05, 0.1) is 0 Å². The van der Waals surface area contributed by atoms with E-state index in [-0.39, 0.29) is 5.84 Å². The Kier molecular flexibility index (Phi) is 3.13. The molecule has 86 valence electrons. The Balaban J connectivity index is 2.35. The normalized spacial score (nSPS) is 20.1. The zero-order valence-electron chi connectivity index (χ0n) is 9.74. The molecule has 0 saturated carbocycles. The summed E-state index contributed by atoms with van der Waals surface area (Å²) in [6.07, 6.45) is 3.65. The largest absolute Gasteiger partial charge is 0.384 e. The van der Waals surface area contributed by atoms with E-state index in [1.165, 1.54) is 12.8 Å². The quantitative estimate of drug-likeness (QED) is 0.603. The summed E-state index contributed by atoms with van der Waals surface area (Å²) in [5, 5.41) is 7.61. The van der Waals surface area contributed by atoms with Crippen LogP contribution in [0.4, 0.5) is 5.69 Å². The third-order valence-electron chi connectivity index (χ3n) is 3.35. The lowest BCUT2D eigenvalue weighted by atomic mass is 10.1. The first-order valence-corrected chi connectivity index (χ1v) is 5.94. The number of hydrogen-bond donors (Lipinski definition) is 2. The van der Waals surface area contributed by atoms with Crippen molar-refractivity contribution in [3.63, 3.8) is 0 Å². The average molecular weight is 217 g/mol. The molecule has 0 aromatic heterocycles. The highest BCUT2D eigenvalue weighted by Crippen LogP contribution is 2.29. The minimum absolute atomic E-state index is 0.164. The molecule has 1 aliphatic rings. The van der Waals surface area contributed by atoms with Crippen LogP contribution < -0.4 is 10.6 Å². The summed E-state index contributed by atoms with van der Waals surface area (Å²) >= 11 is 0. The van der Waals surface area contributed by atoms with Gasteiger partial charge in [0.1, 0.15) is 5.84 Å². The molecule has 2 rings (SSSR count). The Bertz CT molecular complexity index is 387. The van der Waals surface area contributed by atoms with E-state index in [9.17, 15) is 0 Å². The minimum atomic E-state index is 0.164. The molecule has 0 amide bonds. The number of para-hydroxylation sites is 1. The second kappa shape index (κ2) is 4.56. The number of anilines is 1. The van der Waals surface area contributed by atoms with Gasteiger partial charge in [-0.15, -0.1) is 0 Å². The fourth-order valence-corrected chi connectivity index (χ4v) is 2.53. The van der Waals surface area contributed by atoms with E-state index < -0.39 is 0 Å². The van der Waals surface area contributed by atoms with Crippen LogP contribution >= 0.6 is 0 Å². The van der Waals surface area contributed by atoms with Gasteiger partial charge in [0.15, 0.2) is 0 Å². The van der Waals surface area contributed by atoms with Crippen molar-refractivity contribution < 1.29 is 0 Å². The Hall–Kier alpha value is -1.51. The van der Waals surface area contributed by atoms with E-state index in [4.69, 9.17) is 11.1 Å². The van der Waals surface area contributed by atoms with Crippen molar-refractivity contribution in [3.8, 4) is 0 Å². The summed E-state index contributed by atoms with van der Waals surface area (Å²) in [6.45, 7) is 3.31. The first-order valence-electron chi connectivity index (χ1n) is 5.94. The first-order chi connectivity index (χ1) is 7.74. The molecule has 1 heterocycles. The molecule has 0 spiro atoms. The predicted octanol–water partition coefficient (Wildman–Crippen LogP) is 2.35. The van der Waals surface area contributed by atoms with Gasteiger partial charge in [0.2, 0.25) is 0 Å². The number of benzene rings is 1. The van der Waals surface area contributed by atoms with Gasteiger partial charge < -0.3 is 10.6 Å². The topological polar surface area (TPSA) is 53.1 Å². The summed E-state index contributed by atoms with van der Waals surface area (Å²) in [7, 11) is 0. The van der Waals surface area contributed by atoms with Crippen molar-refractivity contribution in [1.29, 1.82) is 5.41 Å².